The van der Waals surface area contributed by atoms with Crippen LogP contribution in [0.3, 0.4) is 0 Å². The Hall–Kier alpha value is -4.17. The first kappa shape index (κ1) is 22.6. The predicted molar refractivity (Wildman–Crippen MR) is 132 cm³/mol. The molecule has 4 aromatic rings. The number of carbonyl (C=O) groups is 1. The molecule has 0 unspecified atom stereocenters. The molecule has 0 saturated heterocycles. The molecular weight excluding hydrogens is 469 g/mol. The number of rotatable bonds is 6. The summed E-state index contributed by atoms with van der Waals surface area (Å²) in [5, 5.41) is 10.8. The molecule has 9 heteroatoms. The maximum absolute atomic E-state index is 14.1. The third-order valence-electron chi connectivity index (χ3n) is 5.71. The molecule has 1 aromatic heterocycles. The van der Waals surface area contributed by atoms with Gasteiger partial charge >= 0.3 is 0 Å². The monoisotopic (exact) mass is 489 g/mol. The van der Waals surface area contributed by atoms with Gasteiger partial charge in [-0.05, 0) is 48.9 Å². The number of aromatic nitrogens is 3. The van der Waals surface area contributed by atoms with E-state index in [0.717, 1.165) is 5.56 Å². The number of hydrogen-bond donors (Lipinski definition) is 2. The highest BCUT2D eigenvalue weighted by Gasteiger charge is 2.33. The average molecular weight is 490 g/mol. The van der Waals surface area contributed by atoms with Gasteiger partial charge in [0, 0.05) is 16.9 Å². The van der Waals surface area contributed by atoms with Gasteiger partial charge in [0.15, 0.2) is 0 Å². The molecule has 1 atom stereocenters. The standard InChI is InChI=1S/C26H21ClFN5O2/c1-16-23(25(34)32-18-6-3-2-4-7-18)24(33-26(31-16)29-15-30-33)17-10-12-19(13-11-17)35-14-20-21(27)8-5-9-22(20)28/h2-13,15,24H,14H2,1H3,(H,32,34)(H,29,30,31)/t24-/m0/s1. The van der Waals surface area contributed by atoms with E-state index < -0.39 is 11.9 Å². The molecule has 7 nitrogen and oxygen atoms in total. The summed E-state index contributed by atoms with van der Waals surface area (Å²) >= 11 is 6.09. The average Bonchev–Trinajstić information content (AvgIpc) is 3.32. The zero-order valence-corrected chi connectivity index (χ0v) is 19.5. The second-order valence-corrected chi connectivity index (χ2v) is 8.38. The molecule has 176 valence electrons. The van der Waals surface area contributed by atoms with E-state index in [9.17, 15) is 9.18 Å². The number of amides is 1. The second-order valence-electron chi connectivity index (χ2n) is 7.97. The summed E-state index contributed by atoms with van der Waals surface area (Å²) < 4.78 is 21.5. The first-order valence-electron chi connectivity index (χ1n) is 10.9. The molecule has 2 heterocycles. The highest BCUT2D eigenvalue weighted by Crippen LogP contribution is 2.36. The van der Waals surface area contributed by atoms with Crippen LogP contribution < -0.4 is 15.4 Å². The molecule has 0 saturated carbocycles. The molecule has 1 aliphatic rings. The number of nitrogens with one attached hydrogen (secondary N) is 2. The number of carbonyl (C=O) groups excluding carboxylic acids is 1. The van der Waals surface area contributed by atoms with Gasteiger partial charge in [0.1, 0.15) is 30.5 Å². The summed E-state index contributed by atoms with van der Waals surface area (Å²) in [6.45, 7) is 1.83. The Kier molecular flexibility index (Phi) is 6.20. The number of nitrogens with zero attached hydrogens (tertiary/aromatic N) is 3. The number of halogens is 2. The zero-order valence-electron chi connectivity index (χ0n) is 18.7. The lowest BCUT2D eigenvalue weighted by Crippen LogP contribution is -2.31. The number of hydrogen-bond acceptors (Lipinski definition) is 5. The van der Waals surface area contributed by atoms with Crippen LogP contribution in [0.4, 0.5) is 16.0 Å². The van der Waals surface area contributed by atoms with Crippen LogP contribution >= 0.6 is 11.6 Å². The topological polar surface area (TPSA) is 81.1 Å². The Bertz CT molecular complexity index is 1380. The zero-order chi connectivity index (χ0) is 24.4. The third kappa shape index (κ3) is 4.61. The molecule has 0 aliphatic carbocycles. The van der Waals surface area contributed by atoms with Crippen molar-refractivity contribution < 1.29 is 13.9 Å². The molecule has 5 rings (SSSR count). The molecule has 0 spiro atoms. The van der Waals surface area contributed by atoms with Crippen molar-refractivity contribution in [2.75, 3.05) is 10.6 Å². The van der Waals surface area contributed by atoms with Crippen LogP contribution in [0, 0.1) is 5.82 Å². The summed E-state index contributed by atoms with van der Waals surface area (Å²) in [7, 11) is 0. The molecule has 0 radical (unpaired) electrons. The van der Waals surface area contributed by atoms with Gasteiger partial charge in [-0.3, -0.25) is 4.79 Å². The minimum Gasteiger partial charge on any atom is -0.489 e. The van der Waals surface area contributed by atoms with Crippen LogP contribution in [0.25, 0.3) is 0 Å². The van der Waals surface area contributed by atoms with E-state index in [4.69, 9.17) is 16.3 Å². The second kappa shape index (κ2) is 9.60. The van der Waals surface area contributed by atoms with Crippen molar-refractivity contribution in [2.45, 2.75) is 19.6 Å². The molecule has 2 N–H and O–H groups in total. The molecule has 0 fully saturated rings. The number of para-hydroxylation sites is 1. The Balaban J connectivity index is 1.42. The SMILES string of the molecule is CC1=C(C(=O)Nc2ccccc2)[C@H](c2ccc(OCc3c(F)cccc3Cl)cc2)n2ncnc2N1. The van der Waals surface area contributed by atoms with Crippen LogP contribution in [0.1, 0.15) is 24.1 Å². The first-order chi connectivity index (χ1) is 17.0. The smallest absolute Gasteiger partial charge is 0.255 e. The van der Waals surface area contributed by atoms with E-state index in [2.05, 4.69) is 20.7 Å². The van der Waals surface area contributed by atoms with Crippen LogP contribution in [-0.4, -0.2) is 20.7 Å². The number of anilines is 2. The Labute approximate surface area is 206 Å². The maximum Gasteiger partial charge on any atom is 0.255 e. The van der Waals surface area contributed by atoms with Crippen molar-refractivity contribution in [2.24, 2.45) is 0 Å². The van der Waals surface area contributed by atoms with Gasteiger partial charge in [0.25, 0.3) is 5.91 Å². The summed E-state index contributed by atoms with van der Waals surface area (Å²) in [5.74, 6) is 0.411. The van der Waals surface area contributed by atoms with Gasteiger partial charge in [-0.15, -0.1) is 0 Å². The lowest BCUT2D eigenvalue weighted by molar-refractivity contribution is -0.113. The Morgan fingerprint density at radius 1 is 1.11 bits per heavy atom. The van der Waals surface area contributed by atoms with E-state index in [-0.39, 0.29) is 12.5 Å². The van der Waals surface area contributed by atoms with Gasteiger partial charge in [-0.1, -0.05) is 48.0 Å². The van der Waals surface area contributed by atoms with Crippen molar-refractivity contribution in [1.82, 2.24) is 14.8 Å². The van der Waals surface area contributed by atoms with Gasteiger partial charge in [-0.25, -0.2) is 9.07 Å². The molecule has 0 bridgehead atoms. The number of fused-ring (bicyclic) bond motifs is 1. The van der Waals surface area contributed by atoms with E-state index in [1.165, 1.54) is 12.4 Å². The Morgan fingerprint density at radius 3 is 2.63 bits per heavy atom. The van der Waals surface area contributed by atoms with E-state index >= 15 is 0 Å². The predicted octanol–water partition coefficient (Wildman–Crippen LogP) is 5.58. The van der Waals surface area contributed by atoms with Gasteiger partial charge in [0.2, 0.25) is 5.95 Å². The van der Waals surface area contributed by atoms with Crippen molar-refractivity contribution in [3.05, 3.63) is 112 Å². The molecule has 35 heavy (non-hydrogen) atoms. The van der Waals surface area contributed by atoms with Crippen LogP contribution in [0.2, 0.25) is 5.02 Å². The number of ether oxygens (including phenoxy) is 1. The highest BCUT2D eigenvalue weighted by molar-refractivity contribution is 6.31. The third-order valence-corrected chi connectivity index (χ3v) is 6.07. The van der Waals surface area contributed by atoms with Gasteiger partial charge < -0.3 is 15.4 Å². The summed E-state index contributed by atoms with van der Waals surface area (Å²) in [4.78, 5) is 17.6. The van der Waals surface area contributed by atoms with Crippen LogP contribution in [0.5, 0.6) is 5.75 Å². The van der Waals surface area contributed by atoms with Crippen LogP contribution in [0.15, 0.2) is 90.4 Å². The van der Waals surface area contributed by atoms with Crippen molar-refractivity contribution in [3.63, 3.8) is 0 Å². The van der Waals surface area contributed by atoms with E-state index in [0.29, 0.717) is 39.2 Å². The first-order valence-corrected chi connectivity index (χ1v) is 11.3. The highest BCUT2D eigenvalue weighted by atomic mass is 35.5. The lowest BCUT2D eigenvalue weighted by Gasteiger charge is -2.28. The number of allylic oxidation sites excluding steroid dienone is 1. The van der Waals surface area contributed by atoms with Crippen molar-refractivity contribution >= 4 is 29.1 Å². The van der Waals surface area contributed by atoms with Crippen molar-refractivity contribution in [1.29, 1.82) is 0 Å². The normalized spacial score (nSPS) is 14.8. The summed E-state index contributed by atoms with van der Waals surface area (Å²) in [6.07, 6.45) is 1.44. The number of benzene rings is 3. The van der Waals surface area contributed by atoms with Crippen LogP contribution in [-0.2, 0) is 11.4 Å². The van der Waals surface area contributed by atoms with Crippen molar-refractivity contribution in [3.8, 4) is 5.75 Å². The fourth-order valence-corrected chi connectivity index (χ4v) is 4.20. The van der Waals surface area contributed by atoms with Gasteiger partial charge in [-0.2, -0.15) is 10.1 Å². The molecule has 3 aromatic carbocycles. The lowest BCUT2D eigenvalue weighted by atomic mass is 9.95. The molecular formula is C26H21ClFN5O2. The molecule has 1 aliphatic heterocycles. The van der Waals surface area contributed by atoms with E-state index in [1.807, 2.05) is 49.4 Å². The maximum atomic E-state index is 14.1. The quantitative estimate of drug-likeness (QED) is 0.369. The fourth-order valence-electron chi connectivity index (χ4n) is 3.99. The largest absolute Gasteiger partial charge is 0.489 e. The molecule has 1 amide bonds. The minimum absolute atomic E-state index is 0.00479. The van der Waals surface area contributed by atoms with E-state index in [1.54, 1.807) is 28.9 Å². The fraction of sp³-hybridized carbons (Fsp3) is 0.115. The summed E-state index contributed by atoms with van der Waals surface area (Å²) in [6, 6.07) is 20.5. The van der Waals surface area contributed by atoms with Gasteiger partial charge in [0.05, 0.1) is 10.6 Å². The minimum atomic E-state index is -0.507. The Morgan fingerprint density at radius 2 is 1.89 bits per heavy atom. The summed E-state index contributed by atoms with van der Waals surface area (Å²) in [5.41, 5.74) is 2.99.